The van der Waals surface area contributed by atoms with Crippen LogP contribution in [0, 0.1) is 11.7 Å². The molecule has 1 heterocycles. The summed E-state index contributed by atoms with van der Waals surface area (Å²) in [5.74, 6) is -0.268. The van der Waals surface area contributed by atoms with Gasteiger partial charge in [-0.3, -0.25) is 4.79 Å². The van der Waals surface area contributed by atoms with E-state index in [1.165, 1.54) is 12.1 Å². The van der Waals surface area contributed by atoms with Crippen LogP contribution in [0.25, 0.3) is 22.0 Å². The number of carbonyl (C=O) groups excluding carboxylic acids is 1. The lowest BCUT2D eigenvalue weighted by molar-refractivity contribution is 0.0934. The minimum absolute atomic E-state index is 0.0458. The number of hydrogen-bond acceptors (Lipinski definition) is 2. The van der Waals surface area contributed by atoms with Crippen molar-refractivity contribution < 1.29 is 9.18 Å². The maximum atomic E-state index is 13.0. The van der Waals surface area contributed by atoms with Crippen molar-refractivity contribution in [2.45, 2.75) is 13.8 Å². The summed E-state index contributed by atoms with van der Waals surface area (Å²) < 4.78 is 13.0. The van der Waals surface area contributed by atoms with Crippen LogP contribution >= 0.6 is 0 Å². The number of ketones is 1. The molecule has 0 saturated heterocycles. The molecule has 0 aliphatic carbocycles. The zero-order valence-electron chi connectivity index (χ0n) is 12.5. The SMILES string of the molecule is CC(C)C(=O)c1ccc2cc(-c3ccc(F)cc3)ccc2n1. The van der Waals surface area contributed by atoms with E-state index in [0.717, 1.165) is 22.0 Å². The zero-order chi connectivity index (χ0) is 15.7. The summed E-state index contributed by atoms with van der Waals surface area (Å²) in [6.45, 7) is 3.73. The Bertz CT molecular complexity index is 838. The number of rotatable bonds is 3. The number of hydrogen-bond donors (Lipinski definition) is 0. The Balaban J connectivity index is 2.02. The van der Waals surface area contributed by atoms with E-state index in [1.807, 2.05) is 38.1 Å². The molecular formula is C19H16FNO. The van der Waals surface area contributed by atoms with Crippen LogP contribution < -0.4 is 0 Å². The number of pyridine rings is 1. The minimum Gasteiger partial charge on any atom is -0.292 e. The second kappa shape index (κ2) is 5.68. The summed E-state index contributed by atoms with van der Waals surface area (Å²) in [6, 6.07) is 15.9. The van der Waals surface area contributed by atoms with Crippen molar-refractivity contribution in [3.05, 3.63) is 66.1 Å². The summed E-state index contributed by atoms with van der Waals surface area (Å²) in [5, 5.41) is 0.960. The minimum atomic E-state index is -0.247. The van der Waals surface area contributed by atoms with Crippen molar-refractivity contribution >= 4 is 16.7 Å². The number of benzene rings is 2. The molecule has 22 heavy (non-hydrogen) atoms. The molecular weight excluding hydrogens is 277 g/mol. The van der Waals surface area contributed by atoms with Crippen molar-refractivity contribution in [1.29, 1.82) is 0 Å². The molecule has 0 unspecified atom stereocenters. The van der Waals surface area contributed by atoms with Gasteiger partial charge in [-0.15, -0.1) is 0 Å². The first kappa shape index (κ1) is 14.4. The third-order valence-electron chi connectivity index (χ3n) is 3.64. The highest BCUT2D eigenvalue weighted by molar-refractivity contribution is 5.98. The molecule has 0 saturated carbocycles. The van der Waals surface area contributed by atoms with Gasteiger partial charge in [0.2, 0.25) is 0 Å². The second-order valence-electron chi connectivity index (χ2n) is 5.63. The number of halogens is 1. The maximum absolute atomic E-state index is 13.0. The molecule has 2 aromatic carbocycles. The van der Waals surface area contributed by atoms with Crippen LogP contribution in [0.5, 0.6) is 0 Å². The van der Waals surface area contributed by atoms with Gasteiger partial charge in [0.05, 0.1) is 5.52 Å². The number of fused-ring (bicyclic) bond motifs is 1. The highest BCUT2D eigenvalue weighted by Gasteiger charge is 2.12. The first-order valence-corrected chi connectivity index (χ1v) is 7.25. The van der Waals surface area contributed by atoms with Gasteiger partial charge in [0, 0.05) is 11.3 Å². The van der Waals surface area contributed by atoms with Crippen LogP contribution in [0.15, 0.2) is 54.6 Å². The number of carbonyl (C=O) groups is 1. The van der Waals surface area contributed by atoms with Gasteiger partial charge in [-0.05, 0) is 41.5 Å². The average Bonchev–Trinajstić information content (AvgIpc) is 2.53. The lowest BCUT2D eigenvalue weighted by Crippen LogP contribution is -2.09. The molecule has 3 heteroatoms. The molecule has 0 spiro atoms. The molecule has 0 aliphatic heterocycles. The second-order valence-corrected chi connectivity index (χ2v) is 5.63. The quantitative estimate of drug-likeness (QED) is 0.644. The van der Waals surface area contributed by atoms with Crippen molar-refractivity contribution in [3.63, 3.8) is 0 Å². The number of aromatic nitrogens is 1. The van der Waals surface area contributed by atoms with Gasteiger partial charge in [-0.2, -0.15) is 0 Å². The van der Waals surface area contributed by atoms with E-state index >= 15 is 0 Å². The lowest BCUT2D eigenvalue weighted by Gasteiger charge is -2.07. The highest BCUT2D eigenvalue weighted by Crippen LogP contribution is 2.24. The first-order valence-electron chi connectivity index (χ1n) is 7.25. The van der Waals surface area contributed by atoms with Crippen molar-refractivity contribution in [2.75, 3.05) is 0 Å². The third-order valence-corrected chi connectivity index (χ3v) is 3.64. The lowest BCUT2D eigenvalue weighted by atomic mass is 10.0. The number of Topliss-reactive ketones (excluding diaryl/α,β-unsaturated/α-hetero) is 1. The molecule has 110 valence electrons. The molecule has 0 aliphatic rings. The van der Waals surface area contributed by atoms with Crippen molar-refractivity contribution in [3.8, 4) is 11.1 Å². The summed E-state index contributed by atoms with van der Waals surface area (Å²) in [4.78, 5) is 16.4. The Labute approximate surface area is 128 Å². The highest BCUT2D eigenvalue weighted by atomic mass is 19.1. The monoisotopic (exact) mass is 293 g/mol. The van der Waals surface area contributed by atoms with Crippen molar-refractivity contribution in [1.82, 2.24) is 4.98 Å². The zero-order valence-corrected chi connectivity index (χ0v) is 12.5. The maximum Gasteiger partial charge on any atom is 0.183 e. The normalized spacial score (nSPS) is 11.1. The van der Waals surface area contributed by atoms with E-state index in [9.17, 15) is 9.18 Å². The van der Waals surface area contributed by atoms with Crippen LogP contribution in [0.1, 0.15) is 24.3 Å². The molecule has 3 rings (SSSR count). The Kier molecular flexibility index (Phi) is 3.72. The predicted molar refractivity (Wildman–Crippen MR) is 86.3 cm³/mol. The number of nitrogens with zero attached hydrogens (tertiary/aromatic N) is 1. The van der Waals surface area contributed by atoms with Crippen LogP contribution in [0.4, 0.5) is 4.39 Å². The Morgan fingerprint density at radius 3 is 2.32 bits per heavy atom. The van der Waals surface area contributed by atoms with E-state index in [2.05, 4.69) is 4.98 Å². The van der Waals surface area contributed by atoms with E-state index in [1.54, 1.807) is 18.2 Å². The smallest absolute Gasteiger partial charge is 0.183 e. The molecule has 0 amide bonds. The van der Waals surface area contributed by atoms with Gasteiger partial charge in [0.15, 0.2) is 5.78 Å². The Hall–Kier alpha value is -2.55. The van der Waals surface area contributed by atoms with Crippen LogP contribution in [0.2, 0.25) is 0 Å². The summed E-state index contributed by atoms with van der Waals surface area (Å²) in [6.07, 6.45) is 0. The third kappa shape index (κ3) is 2.75. The standard InChI is InChI=1S/C19H16FNO/c1-12(2)19(22)18-10-6-15-11-14(5-9-17(15)21-18)13-3-7-16(20)8-4-13/h3-12H,1-2H3. The van der Waals surface area contributed by atoms with Gasteiger partial charge in [-0.1, -0.05) is 38.1 Å². The fourth-order valence-electron chi connectivity index (χ4n) is 2.38. The van der Waals surface area contributed by atoms with Crippen LogP contribution in [0.3, 0.4) is 0 Å². The van der Waals surface area contributed by atoms with E-state index < -0.39 is 0 Å². The van der Waals surface area contributed by atoms with Gasteiger partial charge in [-0.25, -0.2) is 9.37 Å². The Morgan fingerprint density at radius 1 is 0.955 bits per heavy atom. The van der Waals surface area contributed by atoms with Crippen LogP contribution in [-0.4, -0.2) is 10.8 Å². The first-order chi connectivity index (χ1) is 10.5. The Morgan fingerprint density at radius 2 is 1.64 bits per heavy atom. The molecule has 0 N–H and O–H groups in total. The van der Waals surface area contributed by atoms with Crippen LogP contribution in [-0.2, 0) is 0 Å². The van der Waals surface area contributed by atoms with E-state index in [4.69, 9.17) is 0 Å². The molecule has 0 atom stereocenters. The largest absolute Gasteiger partial charge is 0.292 e. The molecule has 3 aromatic rings. The fraction of sp³-hybridized carbons (Fsp3) is 0.158. The van der Waals surface area contributed by atoms with Gasteiger partial charge in [0.1, 0.15) is 11.5 Å². The molecule has 2 nitrogen and oxygen atoms in total. The fourth-order valence-corrected chi connectivity index (χ4v) is 2.38. The van der Waals surface area contributed by atoms with E-state index in [-0.39, 0.29) is 17.5 Å². The predicted octanol–water partition coefficient (Wildman–Crippen LogP) is 4.88. The van der Waals surface area contributed by atoms with E-state index in [0.29, 0.717) is 5.69 Å². The molecule has 1 aromatic heterocycles. The molecule has 0 bridgehead atoms. The van der Waals surface area contributed by atoms with Crippen molar-refractivity contribution in [2.24, 2.45) is 5.92 Å². The van der Waals surface area contributed by atoms with Gasteiger partial charge < -0.3 is 0 Å². The van der Waals surface area contributed by atoms with Gasteiger partial charge in [0.25, 0.3) is 0 Å². The molecule has 0 radical (unpaired) electrons. The summed E-state index contributed by atoms with van der Waals surface area (Å²) >= 11 is 0. The summed E-state index contributed by atoms with van der Waals surface area (Å²) in [7, 11) is 0. The topological polar surface area (TPSA) is 30.0 Å². The average molecular weight is 293 g/mol. The summed E-state index contributed by atoms with van der Waals surface area (Å²) in [5.41, 5.74) is 3.23. The molecule has 0 fully saturated rings. The van der Waals surface area contributed by atoms with Gasteiger partial charge >= 0.3 is 0 Å².